The van der Waals surface area contributed by atoms with Gasteiger partial charge in [0.1, 0.15) is 5.82 Å². The van der Waals surface area contributed by atoms with E-state index in [2.05, 4.69) is 20.8 Å². The van der Waals surface area contributed by atoms with Crippen molar-refractivity contribution in [3.63, 3.8) is 0 Å². The first kappa shape index (κ1) is 14.4. The maximum Gasteiger partial charge on any atom is 0.258 e. The van der Waals surface area contributed by atoms with E-state index in [9.17, 15) is 14.0 Å². The number of aromatic amines is 1. The Bertz CT molecular complexity index is 980. The largest absolute Gasteiger partial charge is 0.326 e. The Kier molecular flexibility index (Phi) is 3.26. The van der Waals surface area contributed by atoms with Gasteiger partial charge in [0.15, 0.2) is 0 Å². The number of hydrogen-bond donors (Lipinski definition) is 3. The zero-order chi connectivity index (χ0) is 16.7. The molecule has 3 N–H and O–H groups in total. The molecule has 0 unspecified atom stereocenters. The summed E-state index contributed by atoms with van der Waals surface area (Å²) in [5.74, 6) is -1.35. The minimum Gasteiger partial charge on any atom is -0.326 e. The molecule has 24 heavy (non-hydrogen) atoms. The molecule has 7 heteroatoms. The van der Waals surface area contributed by atoms with E-state index < -0.39 is 11.7 Å². The van der Waals surface area contributed by atoms with E-state index >= 15 is 0 Å². The highest BCUT2D eigenvalue weighted by Crippen LogP contribution is 2.26. The predicted molar refractivity (Wildman–Crippen MR) is 87.4 cm³/mol. The van der Waals surface area contributed by atoms with Gasteiger partial charge in [-0.25, -0.2) is 4.39 Å². The molecule has 3 aromatic rings. The van der Waals surface area contributed by atoms with Crippen LogP contribution in [0.2, 0.25) is 0 Å². The van der Waals surface area contributed by atoms with Crippen LogP contribution < -0.4 is 10.6 Å². The number of nitrogens with one attached hydrogen (secondary N) is 3. The first-order chi connectivity index (χ1) is 11.6. The Labute approximate surface area is 136 Å². The van der Waals surface area contributed by atoms with Crippen LogP contribution in [-0.2, 0) is 11.2 Å². The minimum absolute atomic E-state index is 0.0443. The predicted octanol–water partition coefficient (Wildman–Crippen LogP) is 2.84. The molecule has 120 valence electrons. The highest BCUT2D eigenvalue weighted by molar-refractivity contribution is 6.06. The van der Waals surface area contributed by atoms with Gasteiger partial charge < -0.3 is 10.6 Å². The minimum atomic E-state index is -0.669. The van der Waals surface area contributed by atoms with Gasteiger partial charge in [0.05, 0.1) is 17.3 Å². The fraction of sp³-hybridized carbons (Fsp3) is 0.118. The van der Waals surface area contributed by atoms with Crippen LogP contribution in [0, 0.1) is 5.82 Å². The quantitative estimate of drug-likeness (QED) is 0.677. The molecule has 0 atom stereocenters. The summed E-state index contributed by atoms with van der Waals surface area (Å²) in [5, 5.41) is 12.9. The number of halogens is 1. The lowest BCUT2D eigenvalue weighted by Crippen LogP contribution is -2.21. The molecule has 1 aliphatic rings. The lowest BCUT2D eigenvalue weighted by Gasteiger charge is -2.18. The first-order valence-corrected chi connectivity index (χ1v) is 7.47. The number of anilines is 2. The number of benzene rings is 2. The van der Waals surface area contributed by atoms with Gasteiger partial charge in [0, 0.05) is 23.2 Å². The standard InChI is InChI=1S/C17H13FN4O2/c18-13-7-15-9(1-4-16(23)21-15)6-12(13)17(24)20-11-2-3-14-10(5-11)8-19-22-14/h2-3,5-8H,1,4H2,(H,19,22)(H,20,24)(H,21,23). The Morgan fingerprint density at radius 1 is 1.21 bits per heavy atom. The Morgan fingerprint density at radius 2 is 2.08 bits per heavy atom. The van der Waals surface area contributed by atoms with Crippen LogP contribution in [0.5, 0.6) is 0 Å². The maximum atomic E-state index is 14.2. The lowest BCUT2D eigenvalue weighted by atomic mass is 9.99. The van der Waals surface area contributed by atoms with Crippen molar-refractivity contribution < 1.29 is 14.0 Å². The van der Waals surface area contributed by atoms with Crippen LogP contribution >= 0.6 is 0 Å². The normalized spacial score (nSPS) is 13.5. The van der Waals surface area contributed by atoms with Crippen molar-refractivity contribution in [2.45, 2.75) is 12.8 Å². The Morgan fingerprint density at radius 3 is 2.96 bits per heavy atom. The molecular weight excluding hydrogens is 311 g/mol. The molecule has 0 saturated heterocycles. The highest BCUT2D eigenvalue weighted by Gasteiger charge is 2.20. The Hall–Kier alpha value is -3.22. The van der Waals surface area contributed by atoms with E-state index in [0.717, 1.165) is 16.5 Å². The van der Waals surface area contributed by atoms with E-state index in [1.807, 2.05) is 0 Å². The molecule has 0 radical (unpaired) electrons. The number of aryl methyl sites for hydroxylation is 1. The molecule has 1 aliphatic heterocycles. The average Bonchev–Trinajstić information content (AvgIpc) is 3.01. The van der Waals surface area contributed by atoms with Crippen molar-refractivity contribution >= 4 is 34.1 Å². The van der Waals surface area contributed by atoms with E-state index in [1.54, 1.807) is 24.4 Å². The zero-order valence-corrected chi connectivity index (χ0v) is 12.5. The van der Waals surface area contributed by atoms with Gasteiger partial charge in [-0.3, -0.25) is 14.7 Å². The fourth-order valence-corrected chi connectivity index (χ4v) is 2.80. The van der Waals surface area contributed by atoms with Crippen molar-refractivity contribution in [3.8, 4) is 0 Å². The van der Waals surface area contributed by atoms with E-state index in [1.165, 1.54) is 12.1 Å². The summed E-state index contributed by atoms with van der Waals surface area (Å²) < 4.78 is 14.2. The monoisotopic (exact) mass is 324 g/mol. The number of fused-ring (bicyclic) bond motifs is 2. The van der Waals surface area contributed by atoms with Gasteiger partial charge in [0.2, 0.25) is 5.91 Å². The molecule has 0 fully saturated rings. The average molecular weight is 324 g/mol. The van der Waals surface area contributed by atoms with E-state index in [-0.39, 0.29) is 11.5 Å². The number of carbonyl (C=O) groups is 2. The first-order valence-electron chi connectivity index (χ1n) is 7.47. The van der Waals surface area contributed by atoms with Crippen molar-refractivity contribution in [2.24, 2.45) is 0 Å². The van der Waals surface area contributed by atoms with Gasteiger partial charge in [-0.2, -0.15) is 5.10 Å². The third kappa shape index (κ3) is 2.50. The molecule has 1 aromatic heterocycles. The van der Waals surface area contributed by atoms with Gasteiger partial charge in [-0.15, -0.1) is 0 Å². The second kappa shape index (κ2) is 5.45. The van der Waals surface area contributed by atoms with E-state index in [0.29, 0.717) is 24.2 Å². The number of amides is 2. The summed E-state index contributed by atoms with van der Waals surface area (Å²) in [6, 6.07) is 7.95. The van der Waals surface area contributed by atoms with Crippen LogP contribution in [0.25, 0.3) is 10.9 Å². The number of carbonyl (C=O) groups excluding carboxylic acids is 2. The molecule has 0 spiro atoms. The van der Waals surface area contributed by atoms with Crippen molar-refractivity contribution in [1.82, 2.24) is 10.2 Å². The second-order valence-corrected chi connectivity index (χ2v) is 5.66. The van der Waals surface area contributed by atoms with Crippen LogP contribution in [0.1, 0.15) is 22.3 Å². The van der Waals surface area contributed by atoms with Crippen LogP contribution in [0.4, 0.5) is 15.8 Å². The second-order valence-electron chi connectivity index (χ2n) is 5.66. The fourth-order valence-electron chi connectivity index (χ4n) is 2.80. The molecule has 6 nitrogen and oxygen atoms in total. The van der Waals surface area contributed by atoms with Crippen molar-refractivity contribution in [3.05, 3.63) is 53.5 Å². The molecule has 2 amide bonds. The van der Waals surface area contributed by atoms with Gasteiger partial charge >= 0.3 is 0 Å². The third-order valence-corrected chi connectivity index (χ3v) is 4.03. The number of hydrogen-bond acceptors (Lipinski definition) is 3. The van der Waals surface area contributed by atoms with E-state index in [4.69, 9.17) is 0 Å². The van der Waals surface area contributed by atoms with Gasteiger partial charge in [-0.05, 0) is 42.3 Å². The molecule has 0 saturated carbocycles. The number of H-pyrrole nitrogens is 1. The third-order valence-electron chi connectivity index (χ3n) is 4.03. The summed E-state index contributed by atoms with van der Waals surface area (Å²) in [6.45, 7) is 0. The molecule has 0 bridgehead atoms. The summed E-state index contributed by atoms with van der Waals surface area (Å²) in [4.78, 5) is 23.8. The number of rotatable bonds is 2. The summed E-state index contributed by atoms with van der Waals surface area (Å²) in [6.07, 6.45) is 2.46. The number of aromatic nitrogens is 2. The topological polar surface area (TPSA) is 86.9 Å². The van der Waals surface area contributed by atoms with Gasteiger partial charge in [0.25, 0.3) is 5.91 Å². The summed E-state index contributed by atoms with van der Waals surface area (Å²) in [7, 11) is 0. The lowest BCUT2D eigenvalue weighted by molar-refractivity contribution is -0.116. The molecular formula is C17H13FN4O2. The van der Waals surface area contributed by atoms with Crippen molar-refractivity contribution in [2.75, 3.05) is 10.6 Å². The Balaban J connectivity index is 1.63. The van der Waals surface area contributed by atoms with Crippen LogP contribution in [0.15, 0.2) is 36.5 Å². The molecule has 2 aromatic carbocycles. The zero-order valence-electron chi connectivity index (χ0n) is 12.5. The van der Waals surface area contributed by atoms with Crippen LogP contribution in [0.3, 0.4) is 0 Å². The maximum absolute atomic E-state index is 14.2. The summed E-state index contributed by atoms with van der Waals surface area (Å²) >= 11 is 0. The summed E-state index contributed by atoms with van der Waals surface area (Å²) in [5.41, 5.74) is 2.55. The smallest absolute Gasteiger partial charge is 0.258 e. The van der Waals surface area contributed by atoms with Gasteiger partial charge in [-0.1, -0.05) is 0 Å². The van der Waals surface area contributed by atoms with Crippen molar-refractivity contribution in [1.29, 1.82) is 0 Å². The van der Waals surface area contributed by atoms with Crippen LogP contribution in [-0.4, -0.2) is 22.0 Å². The highest BCUT2D eigenvalue weighted by atomic mass is 19.1. The molecule has 2 heterocycles. The SMILES string of the molecule is O=C1CCc2cc(C(=O)Nc3ccc4[nH]ncc4c3)c(F)cc2N1. The number of nitrogens with zero attached hydrogens (tertiary/aromatic N) is 1. The molecule has 0 aliphatic carbocycles. The molecule has 4 rings (SSSR count).